The molecule has 224 valence electrons. The van der Waals surface area contributed by atoms with Crippen LogP contribution in [0.25, 0.3) is 0 Å². The molecule has 0 saturated carbocycles. The van der Waals surface area contributed by atoms with E-state index < -0.39 is 12.3 Å². The fourth-order valence-corrected chi connectivity index (χ4v) is 5.46. The Kier molecular flexibility index (Phi) is 12.1. The van der Waals surface area contributed by atoms with E-state index in [1.807, 2.05) is 12.1 Å². The standard InChI is InChI=1S/C28H40BrN7O4S/c1-21-19-36(25-9-7-23(20-37)40-25)28(39)35(26(21)38)12-5-3-2-4-11-33-14-16-34(17-15-33)13-10-30-27(41)32-24-8-6-22(29)18-31-24/h6-9,18-19,23,25,37H,2-5,10-17,20H2,1H3,(H2,30,31,32,41)/t23-,25+/m0/s1. The van der Waals surface area contributed by atoms with Gasteiger partial charge in [-0.15, -0.1) is 0 Å². The first-order valence-corrected chi connectivity index (χ1v) is 15.4. The molecule has 0 bridgehead atoms. The van der Waals surface area contributed by atoms with Gasteiger partial charge >= 0.3 is 5.69 Å². The highest BCUT2D eigenvalue weighted by Crippen LogP contribution is 2.19. The highest BCUT2D eigenvalue weighted by atomic mass is 79.9. The molecule has 0 unspecified atom stereocenters. The highest BCUT2D eigenvalue weighted by molar-refractivity contribution is 9.10. The molecule has 0 aliphatic carbocycles. The Morgan fingerprint density at radius 3 is 2.44 bits per heavy atom. The van der Waals surface area contributed by atoms with Gasteiger partial charge in [-0.05, 0) is 72.7 Å². The van der Waals surface area contributed by atoms with Crippen molar-refractivity contribution in [2.75, 3.05) is 57.7 Å². The van der Waals surface area contributed by atoms with Crippen molar-refractivity contribution in [1.82, 2.24) is 29.2 Å². The van der Waals surface area contributed by atoms with Crippen molar-refractivity contribution in [2.45, 2.75) is 51.5 Å². The van der Waals surface area contributed by atoms with Crippen molar-refractivity contribution in [3.05, 3.63) is 67.6 Å². The molecule has 0 amide bonds. The number of thiocarbonyl (C=S) groups is 1. The van der Waals surface area contributed by atoms with Gasteiger partial charge in [0.25, 0.3) is 5.56 Å². The van der Waals surface area contributed by atoms with Crippen LogP contribution in [0.3, 0.4) is 0 Å². The number of hydrogen-bond acceptors (Lipinski definition) is 8. The quantitative estimate of drug-likeness (QED) is 0.169. The van der Waals surface area contributed by atoms with Crippen molar-refractivity contribution < 1.29 is 9.84 Å². The van der Waals surface area contributed by atoms with Gasteiger partial charge in [0, 0.05) is 68.2 Å². The molecule has 3 N–H and O–H groups in total. The maximum Gasteiger partial charge on any atom is 0.333 e. The first kappa shape index (κ1) is 31.5. The van der Waals surface area contributed by atoms with Gasteiger partial charge < -0.3 is 25.4 Å². The van der Waals surface area contributed by atoms with Gasteiger partial charge in [0.2, 0.25) is 0 Å². The Bertz CT molecular complexity index is 1290. The van der Waals surface area contributed by atoms with E-state index in [0.717, 1.165) is 81.8 Å². The number of nitrogens with one attached hydrogen (secondary N) is 2. The number of aryl methyl sites for hydroxylation is 1. The van der Waals surface area contributed by atoms with Gasteiger partial charge in [-0.3, -0.25) is 18.8 Å². The van der Waals surface area contributed by atoms with E-state index in [1.54, 1.807) is 31.5 Å². The van der Waals surface area contributed by atoms with Crippen LogP contribution >= 0.6 is 28.1 Å². The summed E-state index contributed by atoms with van der Waals surface area (Å²) in [6.45, 7) is 8.93. The molecule has 4 rings (SSSR count). The summed E-state index contributed by atoms with van der Waals surface area (Å²) >= 11 is 8.74. The zero-order valence-corrected chi connectivity index (χ0v) is 25.9. The topological polar surface area (TPSA) is 117 Å². The number of rotatable bonds is 13. The lowest BCUT2D eigenvalue weighted by molar-refractivity contribution is -0.0111. The van der Waals surface area contributed by atoms with Crippen LogP contribution in [-0.2, 0) is 11.3 Å². The molecular weight excluding hydrogens is 610 g/mol. The molecule has 2 aliphatic rings. The number of unbranched alkanes of at least 4 members (excludes halogenated alkanes) is 3. The summed E-state index contributed by atoms with van der Waals surface area (Å²) in [5, 5.41) is 16.2. The number of piperazine rings is 1. The summed E-state index contributed by atoms with van der Waals surface area (Å²) in [5.74, 6) is 0.719. The van der Waals surface area contributed by atoms with Crippen molar-refractivity contribution in [3.63, 3.8) is 0 Å². The number of ether oxygens (including phenoxy) is 1. The third-order valence-corrected chi connectivity index (χ3v) is 8.09. The Labute approximate surface area is 254 Å². The Morgan fingerprint density at radius 2 is 1.78 bits per heavy atom. The predicted octanol–water partition coefficient (Wildman–Crippen LogP) is 2.09. The molecule has 4 heterocycles. The number of aliphatic hydroxyl groups is 1. The smallest absolute Gasteiger partial charge is 0.333 e. The number of pyridine rings is 1. The van der Waals surface area contributed by atoms with Crippen LogP contribution in [0.5, 0.6) is 0 Å². The number of anilines is 1. The van der Waals surface area contributed by atoms with Gasteiger partial charge in [0.15, 0.2) is 11.3 Å². The number of nitrogens with zero attached hydrogens (tertiary/aromatic N) is 5. The van der Waals surface area contributed by atoms with E-state index in [2.05, 4.69) is 41.3 Å². The molecule has 13 heteroatoms. The predicted molar refractivity (Wildman–Crippen MR) is 167 cm³/mol. The summed E-state index contributed by atoms with van der Waals surface area (Å²) in [6.07, 6.45) is 9.61. The lowest BCUT2D eigenvalue weighted by atomic mass is 10.1. The van der Waals surface area contributed by atoms with Crippen LogP contribution in [0, 0.1) is 6.92 Å². The average Bonchev–Trinajstić information content (AvgIpc) is 3.45. The van der Waals surface area contributed by atoms with E-state index in [-0.39, 0.29) is 17.9 Å². The lowest BCUT2D eigenvalue weighted by Crippen LogP contribution is -2.48. The minimum absolute atomic E-state index is 0.146. The zero-order chi connectivity index (χ0) is 29.2. The lowest BCUT2D eigenvalue weighted by Gasteiger charge is -2.34. The maximum absolute atomic E-state index is 13.0. The van der Waals surface area contributed by atoms with E-state index in [9.17, 15) is 14.7 Å². The number of aliphatic hydroxyl groups excluding tert-OH is 1. The van der Waals surface area contributed by atoms with Gasteiger partial charge in [0.1, 0.15) is 11.9 Å². The van der Waals surface area contributed by atoms with Crippen LogP contribution in [0.2, 0.25) is 0 Å². The SMILES string of the molecule is Cc1cn([C@H]2C=C[C@@H](CO)O2)c(=O)n(CCCCCCN2CCN(CCNC(=S)Nc3ccc(Br)cn3)CC2)c1=O. The monoisotopic (exact) mass is 649 g/mol. The van der Waals surface area contributed by atoms with Crippen molar-refractivity contribution in [3.8, 4) is 0 Å². The first-order valence-electron chi connectivity index (χ1n) is 14.2. The Hall–Kier alpha value is -2.42. The van der Waals surface area contributed by atoms with Crippen LogP contribution in [0.4, 0.5) is 5.82 Å². The summed E-state index contributed by atoms with van der Waals surface area (Å²) in [7, 11) is 0. The summed E-state index contributed by atoms with van der Waals surface area (Å²) in [4.78, 5) is 34.8. The number of aromatic nitrogens is 3. The molecule has 2 aromatic heterocycles. The van der Waals surface area contributed by atoms with Crippen LogP contribution in [0.15, 0.2) is 50.7 Å². The van der Waals surface area contributed by atoms with E-state index in [4.69, 9.17) is 17.0 Å². The molecule has 41 heavy (non-hydrogen) atoms. The third-order valence-electron chi connectivity index (χ3n) is 7.38. The van der Waals surface area contributed by atoms with E-state index >= 15 is 0 Å². The molecular formula is C28H40BrN7O4S. The minimum Gasteiger partial charge on any atom is -0.393 e. The van der Waals surface area contributed by atoms with Crippen LogP contribution < -0.4 is 21.9 Å². The number of hydrogen-bond donors (Lipinski definition) is 3. The molecule has 0 radical (unpaired) electrons. The third kappa shape index (κ3) is 9.29. The van der Waals surface area contributed by atoms with E-state index in [0.29, 0.717) is 17.2 Å². The summed E-state index contributed by atoms with van der Waals surface area (Å²) < 4.78 is 9.34. The summed E-state index contributed by atoms with van der Waals surface area (Å²) in [5.41, 5.74) is -0.123. The van der Waals surface area contributed by atoms with E-state index in [1.165, 1.54) is 9.13 Å². The molecule has 2 aliphatic heterocycles. The normalized spacial score (nSPS) is 19.5. The second kappa shape index (κ2) is 15.7. The van der Waals surface area contributed by atoms with Crippen LogP contribution in [-0.4, -0.2) is 92.7 Å². The van der Waals surface area contributed by atoms with Crippen molar-refractivity contribution >= 4 is 39.1 Å². The molecule has 2 aromatic rings. The second-order valence-corrected chi connectivity index (χ2v) is 11.8. The van der Waals surface area contributed by atoms with Gasteiger partial charge in [-0.1, -0.05) is 18.9 Å². The van der Waals surface area contributed by atoms with Gasteiger partial charge in [-0.2, -0.15) is 0 Å². The van der Waals surface area contributed by atoms with Crippen molar-refractivity contribution in [1.29, 1.82) is 0 Å². The Morgan fingerprint density at radius 1 is 1.07 bits per heavy atom. The van der Waals surface area contributed by atoms with Gasteiger partial charge in [-0.25, -0.2) is 9.78 Å². The molecule has 0 spiro atoms. The summed E-state index contributed by atoms with van der Waals surface area (Å²) in [6, 6.07) is 3.79. The highest BCUT2D eigenvalue weighted by Gasteiger charge is 2.22. The average molecular weight is 651 g/mol. The molecule has 1 fully saturated rings. The minimum atomic E-state index is -0.600. The fraction of sp³-hybridized carbons (Fsp3) is 0.571. The van der Waals surface area contributed by atoms with Crippen LogP contribution in [0.1, 0.15) is 37.5 Å². The molecule has 2 atom stereocenters. The largest absolute Gasteiger partial charge is 0.393 e. The maximum atomic E-state index is 13.0. The molecule has 1 saturated heterocycles. The number of halogens is 1. The Balaban J connectivity index is 1.08. The zero-order valence-electron chi connectivity index (χ0n) is 23.5. The van der Waals surface area contributed by atoms with Gasteiger partial charge in [0.05, 0.1) is 6.61 Å². The molecule has 11 nitrogen and oxygen atoms in total. The second-order valence-electron chi connectivity index (χ2n) is 10.4. The van der Waals surface area contributed by atoms with Crippen molar-refractivity contribution in [2.24, 2.45) is 0 Å². The fourth-order valence-electron chi connectivity index (χ4n) is 5.02. The molecule has 0 aromatic carbocycles. The first-order chi connectivity index (χ1) is 19.8.